The average Bonchev–Trinajstić information content (AvgIpc) is 2.98. The van der Waals surface area contributed by atoms with Crippen molar-refractivity contribution >= 4 is 51.9 Å². The van der Waals surface area contributed by atoms with Gasteiger partial charge in [-0.3, -0.25) is 14.9 Å². The Morgan fingerprint density at radius 3 is 2.70 bits per heavy atom. The van der Waals surface area contributed by atoms with Crippen molar-refractivity contribution in [1.82, 2.24) is 5.32 Å². The standard InChI is InChI=1S/C14H8ClNO2S2/c15-11-4-2-1-3-10(11)8-5-9(19-7-8)6-12-13(17)16-14(18)20-12/h1-7H,(H,16,17,18)/b12-6-. The maximum absolute atomic E-state index is 11.5. The Labute approximate surface area is 128 Å². The molecule has 1 aromatic heterocycles. The molecule has 0 aliphatic carbocycles. The summed E-state index contributed by atoms with van der Waals surface area (Å²) in [6.07, 6.45) is 1.72. The van der Waals surface area contributed by atoms with Gasteiger partial charge in [0.15, 0.2) is 0 Å². The first-order chi connectivity index (χ1) is 9.63. The first-order valence-electron chi connectivity index (χ1n) is 5.72. The second-order valence-corrected chi connectivity index (χ2v) is 6.43. The van der Waals surface area contributed by atoms with Gasteiger partial charge in [-0.2, -0.15) is 0 Å². The molecule has 0 bridgehead atoms. The van der Waals surface area contributed by atoms with Crippen molar-refractivity contribution < 1.29 is 9.59 Å². The van der Waals surface area contributed by atoms with Crippen LogP contribution >= 0.6 is 34.7 Å². The number of nitrogens with one attached hydrogen (secondary N) is 1. The maximum Gasteiger partial charge on any atom is 0.290 e. The van der Waals surface area contributed by atoms with Gasteiger partial charge < -0.3 is 0 Å². The zero-order valence-corrected chi connectivity index (χ0v) is 12.4. The van der Waals surface area contributed by atoms with Crippen LogP contribution < -0.4 is 5.32 Å². The number of thiophene rings is 1. The van der Waals surface area contributed by atoms with Crippen molar-refractivity contribution in [2.24, 2.45) is 0 Å². The van der Waals surface area contributed by atoms with Gasteiger partial charge in [0.1, 0.15) is 0 Å². The van der Waals surface area contributed by atoms with Gasteiger partial charge in [-0.15, -0.1) is 11.3 Å². The van der Waals surface area contributed by atoms with Crippen LogP contribution in [-0.2, 0) is 4.79 Å². The molecule has 2 amide bonds. The van der Waals surface area contributed by atoms with Crippen molar-refractivity contribution in [3.05, 3.63) is 50.5 Å². The lowest BCUT2D eigenvalue weighted by Crippen LogP contribution is -2.17. The molecule has 0 spiro atoms. The lowest BCUT2D eigenvalue weighted by Gasteiger charge is -1.99. The van der Waals surface area contributed by atoms with E-state index in [0.717, 1.165) is 27.8 Å². The second-order valence-electron chi connectivity index (χ2n) is 4.07. The summed E-state index contributed by atoms with van der Waals surface area (Å²) >= 11 is 8.58. The number of carbonyl (C=O) groups is 2. The zero-order chi connectivity index (χ0) is 14.1. The fourth-order valence-electron chi connectivity index (χ4n) is 1.82. The van der Waals surface area contributed by atoms with Gasteiger partial charge >= 0.3 is 0 Å². The molecule has 1 aliphatic heterocycles. The van der Waals surface area contributed by atoms with E-state index in [4.69, 9.17) is 11.6 Å². The molecule has 0 unspecified atom stereocenters. The number of rotatable bonds is 2. The highest BCUT2D eigenvalue weighted by atomic mass is 35.5. The van der Waals surface area contributed by atoms with Gasteiger partial charge in [0.2, 0.25) is 0 Å². The minimum absolute atomic E-state index is 0.330. The van der Waals surface area contributed by atoms with Crippen LogP contribution in [0.5, 0.6) is 0 Å². The molecule has 3 nitrogen and oxygen atoms in total. The zero-order valence-electron chi connectivity index (χ0n) is 10.1. The number of imide groups is 1. The lowest BCUT2D eigenvalue weighted by atomic mass is 10.1. The lowest BCUT2D eigenvalue weighted by molar-refractivity contribution is -0.115. The van der Waals surface area contributed by atoms with Gasteiger partial charge in [0.25, 0.3) is 11.1 Å². The van der Waals surface area contributed by atoms with E-state index in [1.165, 1.54) is 11.3 Å². The number of thioether (sulfide) groups is 1. The molecule has 2 aromatic rings. The van der Waals surface area contributed by atoms with Crippen LogP contribution in [-0.4, -0.2) is 11.1 Å². The van der Waals surface area contributed by atoms with Crippen LogP contribution in [0.15, 0.2) is 40.6 Å². The number of hydrogen-bond donors (Lipinski definition) is 1. The highest BCUT2D eigenvalue weighted by molar-refractivity contribution is 8.18. The fourth-order valence-corrected chi connectivity index (χ4v) is 3.65. The van der Waals surface area contributed by atoms with E-state index in [9.17, 15) is 9.59 Å². The fraction of sp³-hybridized carbons (Fsp3) is 0. The Kier molecular flexibility index (Phi) is 3.65. The predicted molar refractivity (Wildman–Crippen MR) is 83.9 cm³/mol. The van der Waals surface area contributed by atoms with E-state index < -0.39 is 0 Å². The summed E-state index contributed by atoms with van der Waals surface area (Å²) in [6, 6.07) is 9.55. The first-order valence-corrected chi connectivity index (χ1v) is 7.79. The van der Waals surface area contributed by atoms with Crippen LogP contribution in [0.1, 0.15) is 4.88 Å². The Bertz CT molecular complexity index is 736. The molecule has 1 saturated heterocycles. The molecule has 1 fully saturated rings. The number of halogens is 1. The summed E-state index contributed by atoms with van der Waals surface area (Å²) < 4.78 is 0. The SMILES string of the molecule is O=C1NC(=O)/C(=C/c2cc(-c3ccccc3Cl)cs2)S1. The molecule has 1 aliphatic rings. The van der Waals surface area contributed by atoms with Crippen molar-refractivity contribution in [3.63, 3.8) is 0 Å². The Morgan fingerprint density at radius 1 is 1.20 bits per heavy atom. The first kappa shape index (κ1) is 13.4. The third-order valence-electron chi connectivity index (χ3n) is 2.72. The minimum Gasteiger partial charge on any atom is -0.282 e. The normalized spacial score (nSPS) is 16.8. The van der Waals surface area contributed by atoms with Crippen LogP contribution in [0.2, 0.25) is 5.02 Å². The van der Waals surface area contributed by atoms with Gasteiger partial charge in [-0.05, 0) is 40.9 Å². The van der Waals surface area contributed by atoms with E-state index in [2.05, 4.69) is 5.32 Å². The van der Waals surface area contributed by atoms with E-state index in [0.29, 0.717) is 9.93 Å². The number of carbonyl (C=O) groups excluding carboxylic acids is 2. The van der Waals surface area contributed by atoms with Crippen molar-refractivity contribution in [2.45, 2.75) is 0 Å². The largest absolute Gasteiger partial charge is 0.290 e. The molecule has 1 aromatic carbocycles. The smallest absolute Gasteiger partial charge is 0.282 e. The monoisotopic (exact) mass is 321 g/mol. The molecule has 0 radical (unpaired) electrons. The molecule has 3 rings (SSSR count). The van der Waals surface area contributed by atoms with Crippen molar-refractivity contribution in [1.29, 1.82) is 0 Å². The summed E-state index contributed by atoms with van der Waals surface area (Å²) in [5, 5.41) is 4.57. The average molecular weight is 322 g/mol. The third kappa shape index (κ3) is 2.65. The highest BCUT2D eigenvalue weighted by Gasteiger charge is 2.25. The van der Waals surface area contributed by atoms with Gasteiger partial charge in [-0.25, -0.2) is 0 Å². The quantitative estimate of drug-likeness (QED) is 0.834. The molecule has 1 N–H and O–H groups in total. The number of benzene rings is 1. The van der Waals surface area contributed by atoms with Crippen molar-refractivity contribution in [3.8, 4) is 11.1 Å². The topological polar surface area (TPSA) is 46.2 Å². The highest BCUT2D eigenvalue weighted by Crippen LogP contribution is 2.33. The summed E-state index contributed by atoms with van der Waals surface area (Å²) in [5.74, 6) is -0.340. The maximum atomic E-state index is 11.5. The Balaban J connectivity index is 1.92. The third-order valence-corrected chi connectivity index (χ3v) is 4.74. The molecule has 0 saturated carbocycles. The van der Waals surface area contributed by atoms with Gasteiger partial charge in [-0.1, -0.05) is 29.8 Å². The summed E-state index contributed by atoms with van der Waals surface area (Å²) in [7, 11) is 0. The van der Waals surface area contributed by atoms with Crippen LogP contribution in [0.3, 0.4) is 0 Å². The van der Waals surface area contributed by atoms with Crippen molar-refractivity contribution in [2.75, 3.05) is 0 Å². The molecule has 20 heavy (non-hydrogen) atoms. The Hall–Kier alpha value is -1.56. The Morgan fingerprint density at radius 2 is 2.00 bits per heavy atom. The van der Waals surface area contributed by atoms with E-state index in [1.807, 2.05) is 35.7 Å². The number of amides is 2. The molecular formula is C14H8ClNO2S2. The summed E-state index contributed by atoms with van der Waals surface area (Å²) in [5.41, 5.74) is 1.96. The van der Waals surface area contributed by atoms with Crippen LogP contribution in [0, 0.1) is 0 Å². The molecule has 100 valence electrons. The second kappa shape index (κ2) is 5.44. The summed E-state index contributed by atoms with van der Waals surface area (Å²) in [6.45, 7) is 0. The molecule has 6 heteroatoms. The van der Waals surface area contributed by atoms with Gasteiger partial charge in [0, 0.05) is 15.5 Å². The minimum atomic E-state index is -0.340. The molecule has 0 atom stereocenters. The molecule has 2 heterocycles. The van der Waals surface area contributed by atoms with Gasteiger partial charge in [0.05, 0.1) is 4.91 Å². The number of hydrogen-bond acceptors (Lipinski definition) is 4. The van der Waals surface area contributed by atoms with E-state index >= 15 is 0 Å². The van der Waals surface area contributed by atoms with E-state index in [1.54, 1.807) is 6.08 Å². The molecular weight excluding hydrogens is 314 g/mol. The van der Waals surface area contributed by atoms with Crippen LogP contribution in [0.25, 0.3) is 17.2 Å². The summed E-state index contributed by atoms with van der Waals surface area (Å²) in [4.78, 5) is 23.9. The van der Waals surface area contributed by atoms with Crippen LogP contribution in [0.4, 0.5) is 4.79 Å². The predicted octanol–water partition coefficient (Wildman–Crippen LogP) is 4.39. The van der Waals surface area contributed by atoms with E-state index in [-0.39, 0.29) is 11.1 Å².